The van der Waals surface area contributed by atoms with Crippen molar-refractivity contribution in [3.8, 4) is 0 Å². The molecule has 156 valence electrons. The van der Waals surface area contributed by atoms with E-state index in [4.69, 9.17) is 0 Å². The highest BCUT2D eigenvalue weighted by atomic mass is 32.1. The van der Waals surface area contributed by atoms with Gasteiger partial charge in [-0.25, -0.2) is 4.39 Å². The maximum atomic E-state index is 13.5. The number of halogens is 1. The Kier molecular flexibility index (Phi) is 5.21. The van der Waals surface area contributed by atoms with Gasteiger partial charge in [0.25, 0.3) is 0 Å². The molecule has 0 saturated carbocycles. The largest absolute Gasteiger partial charge is 0.381 e. The van der Waals surface area contributed by atoms with Gasteiger partial charge in [0, 0.05) is 55.9 Å². The second-order valence-electron chi connectivity index (χ2n) is 8.36. The Morgan fingerprint density at radius 2 is 1.90 bits per heavy atom. The van der Waals surface area contributed by atoms with Gasteiger partial charge in [-0.2, -0.15) is 4.37 Å². The lowest BCUT2D eigenvalue weighted by molar-refractivity contribution is 0.261. The molecule has 2 aliphatic rings. The molecule has 1 N–H and O–H groups in total. The van der Waals surface area contributed by atoms with Crippen molar-refractivity contribution in [2.45, 2.75) is 20.3 Å². The van der Waals surface area contributed by atoms with Crippen LogP contribution in [-0.2, 0) is 6.42 Å². The average Bonchev–Trinajstić information content (AvgIpc) is 3.18. The van der Waals surface area contributed by atoms with Crippen molar-refractivity contribution in [3.63, 3.8) is 0 Å². The third kappa shape index (κ3) is 3.70. The SMILES string of the molecule is CC1=C(C)c2cc(CCN3CCN(c4nsc5cc(F)ccc45)CC3)ccc2NC1. The molecule has 3 heterocycles. The van der Waals surface area contributed by atoms with E-state index in [0.717, 1.165) is 61.6 Å². The Morgan fingerprint density at radius 3 is 2.73 bits per heavy atom. The first-order valence-electron chi connectivity index (χ1n) is 10.6. The molecule has 0 spiro atoms. The minimum absolute atomic E-state index is 0.193. The fourth-order valence-corrected chi connectivity index (χ4v) is 5.22. The summed E-state index contributed by atoms with van der Waals surface area (Å²) in [4.78, 5) is 4.88. The van der Waals surface area contributed by atoms with Gasteiger partial charge in [0.1, 0.15) is 11.6 Å². The highest BCUT2D eigenvalue weighted by molar-refractivity contribution is 7.13. The van der Waals surface area contributed by atoms with E-state index in [1.54, 1.807) is 6.07 Å². The molecule has 0 bridgehead atoms. The standard InChI is InChI=1S/C24H27FN4S/c1-16-15-26-22-6-3-18(13-21(22)17(16)2)7-8-28-9-11-29(12-10-28)24-20-5-4-19(25)14-23(20)30-27-24/h3-6,13-14,26H,7-12,15H2,1-2H3. The van der Waals surface area contributed by atoms with Crippen LogP contribution in [0.5, 0.6) is 0 Å². The molecule has 1 saturated heterocycles. The molecule has 6 heteroatoms. The maximum Gasteiger partial charge on any atom is 0.150 e. The van der Waals surface area contributed by atoms with Crippen molar-refractivity contribution in [2.24, 2.45) is 0 Å². The fourth-order valence-electron chi connectivity index (χ4n) is 4.40. The van der Waals surface area contributed by atoms with Crippen LogP contribution in [0.1, 0.15) is 25.0 Å². The summed E-state index contributed by atoms with van der Waals surface area (Å²) in [5, 5.41) is 4.58. The monoisotopic (exact) mass is 422 g/mol. The first kappa shape index (κ1) is 19.5. The van der Waals surface area contributed by atoms with Gasteiger partial charge in [0.15, 0.2) is 0 Å². The minimum Gasteiger partial charge on any atom is -0.381 e. The summed E-state index contributed by atoms with van der Waals surface area (Å²) in [5.74, 6) is 0.816. The smallest absolute Gasteiger partial charge is 0.150 e. The Bertz CT molecular complexity index is 1110. The van der Waals surface area contributed by atoms with Crippen molar-refractivity contribution < 1.29 is 4.39 Å². The predicted octanol–water partition coefficient (Wildman–Crippen LogP) is 5.02. The molecule has 2 aliphatic heterocycles. The second-order valence-corrected chi connectivity index (χ2v) is 9.17. The van der Waals surface area contributed by atoms with E-state index in [-0.39, 0.29) is 5.82 Å². The van der Waals surface area contributed by atoms with E-state index >= 15 is 0 Å². The van der Waals surface area contributed by atoms with Crippen LogP contribution >= 0.6 is 11.5 Å². The lowest BCUT2D eigenvalue weighted by Crippen LogP contribution is -2.47. The van der Waals surface area contributed by atoms with Crippen molar-refractivity contribution in [1.82, 2.24) is 9.27 Å². The fraction of sp³-hybridized carbons (Fsp3) is 0.375. The number of allylic oxidation sites excluding steroid dienone is 1. The minimum atomic E-state index is -0.193. The van der Waals surface area contributed by atoms with Gasteiger partial charge >= 0.3 is 0 Å². The Morgan fingerprint density at radius 1 is 1.07 bits per heavy atom. The normalized spacial score (nSPS) is 17.4. The molecule has 0 aliphatic carbocycles. The Hall–Kier alpha value is -2.44. The van der Waals surface area contributed by atoms with E-state index < -0.39 is 0 Å². The highest BCUT2D eigenvalue weighted by Gasteiger charge is 2.21. The molecular weight excluding hydrogens is 395 g/mol. The lowest BCUT2D eigenvalue weighted by Gasteiger charge is -2.35. The third-order valence-corrected chi connectivity index (χ3v) is 7.27. The summed E-state index contributed by atoms with van der Waals surface area (Å²) in [6, 6.07) is 11.8. The van der Waals surface area contributed by atoms with E-state index in [2.05, 4.69) is 51.5 Å². The van der Waals surface area contributed by atoms with Gasteiger partial charge in [0.2, 0.25) is 0 Å². The van der Waals surface area contributed by atoms with Crippen LogP contribution in [0.2, 0.25) is 0 Å². The second kappa shape index (κ2) is 8.00. The first-order chi connectivity index (χ1) is 14.6. The number of piperazine rings is 1. The van der Waals surface area contributed by atoms with Crippen LogP contribution in [0.4, 0.5) is 15.9 Å². The number of hydrogen-bond donors (Lipinski definition) is 1. The first-order valence-corrected chi connectivity index (χ1v) is 11.4. The molecule has 3 aromatic rings. The zero-order valence-corrected chi connectivity index (χ0v) is 18.4. The van der Waals surface area contributed by atoms with E-state index in [1.165, 1.54) is 45.6 Å². The zero-order chi connectivity index (χ0) is 20.7. The quantitative estimate of drug-likeness (QED) is 0.640. The van der Waals surface area contributed by atoms with Crippen LogP contribution in [-0.4, -0.2) is 48.5 Å². The van der Waals surface area contributed by atoms with Crippen molar-refractivity contribution >= 4 is 38.7 Å². The van der Waals surface area contributed by atoms with Gasteiger partial charge in [-0.05, 0) is 73.3 Å². The molecule has 1 fully saturated rings. The third-order valence-electron chi connectivity index (χ3n) is 6.48. The molecule has 2 aromatic carbocycles. The number of nitrogens with one attached hydrogen (secondary N) is 1. The van der Waals surface area contributed by atoms with E-state index in [1.807, 2.05) is 6.07 Å². The summed E-state index contributed by atoms with van der Waals surface area (Å²) >= 11 is 1.39. The lowest BCUT2D eigenvalue weighted by atomic mass is 9.94. The van der Waals surface area contributed by atoms with Gasteiger partial charge in [-0.1, -0.05) is 11.6 Å². The Balaban J connectivity index is 1.20. The van der Waals surface area contributed by atoms with E-state index in [9.17, 15) is 4.39 Å². The van der Waals surface area contributed by atoms with Crippen LogP contribution in [0.15, 0.2) is 42.0 Å². The molecule has 0 atom stereocenters. The van der Waals surface area contributed by atoms with Crippen molar-refractivity contribution in [2.75, 3.05) is 49.5 Å². The average molecular weight is 423 g/mol. The summed E-state index contributed by atoms with van der Waals surface area (Å²) < 4.78 is 19.0. The number of fused-ring (bicyclic) bond motifs is 2. The molecule has 0 amide bonds. The number of anilines is 2. The number of hydrogen-bond acceptors (Lipinski definition) is 5. The van der Waals surface area contributed by atoms with Crippen molar-refractivity contribution in [1.29, 1.82) is 0 Å². The summed E-state index contributed by atoms with van der Waals surface area (Å²) in [7, 11) is 0. The molecule has 0 radical (unpaired) electrons. The van der Waals surface area contributed by atoms with Crippen molar-refractivity contribution in [3.05, 3.63) is 58.9 Å². The number of aromatic nitrogens is 1. The van der Waals surface area contributed by atoms with Crippen LogP contribution < -0.4 is 10.2 Å². The maximum absolute atomic E-state index is 13.5. The summed E-state index contributed by atoms with van der Waals surface area (Å²) in [6.07, 6.45) is 1.07. The van der Waals surface area contributed by atoms with E-state index in [0.29, 0.717) is 0 Å². The zero-order valence-electron chi connectivity index (χ0n) is 17.5. The molecule has 1 aromatic heterocycles. The van der Waals surface area contributed by atoms with Gasteiger partial charge in [-0.3, -0.25) is 4.90 Å². The molecule has 4 nitrogen and oxygen atoms in total. The summed E-state index contributed by atoms with van der Waals surface area (Å²) in [5.41, 5.74) is 6.85. The summed E-state index contributed by atoms with van der Waals surface area (Å²) in [6.45, 7) is 10.5. The highest BCUT2D eigenvalue weighted by Crippen LogP contribution is 2.32. The van der Waals surface area contributed by atoms with Crippen LogP contribution in [0, 0.1) is 5.82 Å². The van der Waals surface area contributed by atoms with Gasteiger partial charge < -0.3 is 10.2 Å². The predicted molar refractivity (Wildman–Crippen MR) is 125 cm³/mol. The van der Waals surface area contributed by atoms with Crippen LogP contribution in [0.3, 0.4) is 0 Å². The van der Waals surface area contributed by atoms with Crippen LogP contribution in [0.25, 0.3) is 15.7 Å². The number of rotatable bonds is 4. The van der Waals surface area contributed by atoms with Gasteiger partial charge in [-0.15, -0.1) is 0 Å². The Labute approximate surface area is 181 Å². The molecule has 30 heavy (non-hydrogen) atoms. The topological polar surface area (TPSA) is 31.4 Å². The number of nitrogens with zero attached hydrogens (tertiary/aromatic N) is 3. The molecule has 5 rings (SSSR count). The molecular formula is C24H27FN4S. The van der Waals surface area contributed by atoms with Gasteiger partial charge in [0.05, 0.1) is 4.70 Å². The molecule has 0 unspecified atom stereocenters. The number of benzene rings is 2.